The van der Waals surface area contributed by atoms with Crippen LogP contribution in [0.3, 0.4) is 0 Å². The molecule has 4 aliphatic rings. The molecule has 0 radical (unpaired) electrons. The van der Waals surface area contributed by atoms with Gasteiger partial charge < -0.3 is 9.52 Å². The van der Waals surface area contributed by atoms with Crippen LogP contribution in [0.2, 0.25) is 5.02 Å². The number of hydrogen-bond acceptors (Lipinski definition) is 7. The maximum Gasteiger partial charge on any atom is 0.246 e. The number of phenolic OH excluding ortho intramolecular Hbond substituents is 1. The van der Waals surface area contributed by atoms with Crippen LogP contribution in [0.25, 0.3) is 22.6 Å². The number of fused-ring (bicyclic) bond motifs is 5. The first-order valence-corrected chi connectivity index (χ1v) is 18.8. The normalized spacial score (nSPS) is 25.7. The minimum absolute atomic E-state index is 0.0874. The van der Waals surface area contributed by atoms with Crippen molar-refractivity contribution in [2.75, 3.05) is 9.80 Å². The van der Waals surface area contributed by atoms with E-state index in [-0.39, 0.29) is 18.7 Å². The number of aromatic nitrogens is 1. The number of para-hydroxylation sites is 2. The van der Waals surface area contributed by atoms with Crippen molar-refractivity contribution in [3.05, 3.63) is 155 Å². The molecular formula is C45H31ClFN3O6. The molecule has 3 fully saturated rings. The summed E-state index contributed by atoms with van der Waals surface area (Å²) in [6, 6.07) is 33.8. The molecule has 276 valence electrons. The summed E-state index contributed by atoms with van der Waals surface area (Å²) >= 11 is 6.39. The molecule has 1 aromatic heterocycles. The van der Waals surface area contributed by atoms with Crippen molar-refractivity contribution in [3.63, 3.8) is 0 Å². The summed E-state index contributed by atoms with van der Waals surface area (Å²) < 4.78 is 21.3. The van der Waals surface area contributed by atoms with Gasteiger partial charge in [-0.25, -0.2) is 14.3 Å². The number of nitrogens with zero attached hydrogens (tertiary/aromatic N) is 3. The number of rotatable bonds is 5. The molecule has 11 heteroatoms. The average molecular weight is 764 g/mol. The van der Waals surface area contributed by atoms with Crippen molar-refractivity contribution in [2.45, 2.75) is 24.2 Å². The Morgan fingerprint density at radius 1 is 0.768 bits per heavy atom. The molecule has 6 atom stereocenters. The predicted octanol–water partition coefficient (Wildman–Crippen LogP) is 8.36. The molecule has 0 bridgehead atoms. The van der Waals surface area contributed by atoms with E-state index in [2.05, 4.69) is 4.98 Å². The fourth-order valence-electron chi connectivity index (χ4n) is 9.82. The van der Waals surface area contributed by atoms with Crippen LogP contribution in [0.5, 0.6) is 5.75 Å². The second kappa shape index (κ2) is 12.6. The van der Waals surface area contributed by atoms with Crippen molar-refractivity contribution in [2.24, 2.45) is 23.7 Å². The minimum atomic E-state index is -1.56. The first-order chi connectivity index (χ1) is 27.2. The number of imide groups is 2. The molecule has 9 nitrogen and oxygen atoms in total. The third-order valence-corrected chi connectivity index (χ3v) is 12.4. The van der Waals surface area contributed by atoms with E-state index in [0.29, 0.717) is 55.7 Å². The second-order valence-electron chi connectivity index (χ2n) is 14.8. The van der Waals surface area contributed by atoms with E-state index in [0.717, 1.165) is 4.90 Å². The van der Waals surface area contributed by atoms with Crippen LogP contribution >= 0.6 is 11.6 Å². The zero-order chi connectivity index (χ0) is 38.5. The Hall–Kier alpha value is -6.39. The smallest absolute Gasteiger partial charge is 0.246 e. The molecule has 4 amide bonds. The highest BCUT2D eigenvalue weighted by Crippen LogP contribution is 2.64. The number of carbonyl (C=O) groups excluding carboxylic acids is 4. The highest BCUT2D eigenvalue weighted by atomic mass is 35.5. The number of allylic oxidation sites excluding steroid dienone is 2. The fourth-order valence-corrected chi connectivity index (χ4v) is 10.0. The van der Waals surface area contributed by atoms with Crippen LogP contribution in [-0.4, -0.2) is 33.7 Å². The minimum Gasteiger partial charge on any atom is -0.505 e. The molecule has 1 N–H and O–H groups in total. The van der Waals surface area contributed by atoms with E-state index in [1.165, 1.54) is 17.0 Å². The summed E-state index contributed by atoms with van der Waals surface area (Å²) in [5, 5.41) is 10.6. The van der Waals surface area contributed by atoms with Crippen molar-refractivity contribution in [1.82, 2.24) is 4.98 Å². The van der Waals surface area contributed by atoms with Gasteiger partial charge in [-0.3, -0.25) is 24.1 Å². The van der Waals surface area contributed by atoms with Crippen molar-refractivity contribution < 1.29 is 33.1 Å². The van der Waals surface area contributed by atoms with Gasteiger partial charge in [0.15, 0.2) is 17.1 Å². The van der Waals surface area contributed by atoms with Gasteiger partial charge in [-0.2, -0.15) is 0 Å². The number of aromatic hydroxyl groups is 1. The van der Waals surface area contributed by atoms with Crippen LogP contribution in [-0.2, 0) is 24.6 Å². The fraction of sp³-hybridized carbons (Fsp3) is 0.178. The Labute approximate surface area is 324 Å². The second-order valence-corrected chi connectivity index (χ2v) is 15.3. The highest BCUT2D eigenvalue weighted by molar-refractivity contribution is 6.32. The average Bonchev–Trinajstić information content (AvgIpc) is 3.83. The number of anilines is 2. The molecule has 2 aliphatic carbocycles. The van der Waals surface area contributed by atoms with Gasteiger partial charge in [0.2, 0.25) is 29.5 Å². The molecule has 3 heterocycles. The monoisotopic (exact) mass is 763 g/mol. The largest absolute Gasteiger partial charge is 0.505 e. The summed E-state index contributed by atoms with van der Waals surface area (Å²) in [5.41, 5.74) is 2.74. The molecule has 6 aromatic rings. The molecule has 56 heavy (non-hydrogen) atoms. The van der Waals surface area contributed by atoms with Gasteiger partial charge in [0, 0.05) is 16.5 Å². The van der Waals surface area contributed by atoms with E-state index in [9.17, 15) is 19.5 Å². The Morgan fingerprint density at radius 2 is 1.54 bits per heavy atom. The first kappa shape index (κ1) is 34.1. The zero-order valence-corrected chi connectivity index (χ0v) is 30.3. The van der Waals surface area contributed by atoms with Gasteiger partial charge in [0.25, 0.3) is 0 Å². The van der Waals surface area contributed by atoms with Gasteiger partial charge >= 0.3 is 0 Å². The van der Waals surface area contributed by atoms with E-state index < -0.39 is 64.3 Å². The standard InChI is InChI=1S/C45H31ClFN3O6/c46-27-9-6-10-29(22-27)50-42(53)33-23-32-30(39(25-15-20-36(51)34(47)21-25)45(33,44(50)55)26-7-2-1-3-8-26)18-19-31-38(32)43(54)49(41(31)52)28-16-13-24(14-17-28)40-48-35-11-4-5-12-37(35)56-40/h1-18,20-22,31-33,38-39,51H,19,23H2. The van der Waals surface area contributed by atoms with Gasteiger partial charge in [-0.15, -0.1) is 0 Å². The van der Waals surface area contributed by atoms with Crippen LogP contribution in [0.15, 0.2) is 137 Å². The number of amides is 4. The molecule has 5 aromatic carbocycles. The maximum atomic E-state index is 15.4. The summed E-state index contributed by atoms with van der Waals surface area (Å²) in [7, 11) is 0. The lowest BCUT2D eigenvalue weighted by atomic mass is 9.49. The summed E-state index contributed by atoms with van der Waals surface area (Å²) in [4.78, 5) is 66.1. The lowest BCUT2D eigenvalue weighted by Gasteiger charge is -2.50. The number of hydrogen-bond donors (Lipinski definition) is 1. The Morgan fingerprint density at radius 3 is 2.29 bits per heavy atom. The molecule has 10 rings (SSSR count). The molecule has 6 unspecified atom stereocenters. The van der Waals surface area contributed by atoms with Crippen LogP contribution in [0.1, 0.15) is 29.9 Å². The first-order valence-electron chi connectivity index (χ1n) is 18.4. The lowest BCUT2D eigenvalue weighted by Crippen LogP contribution is -2.53. The Bertz CT molecular complexity index is 2640. The Kier molecular flexibility index (Phi) is 7.66. The predicted molar refractivity (Wildman–Crippen MR) is 206 cm³/mol. The van der Waals surface area contributed by atoms with Gasteiger partial charge in [-0.05, 0) is 96.6 Å². The number of halogens is 2. The van der Waals surface area contributed by atoms with Gasteiger partial charge in [0.05, 0.1) is 34.5 Å². The zero-order valence-electron chi connectivity index (χ0n) is 29.5. The Balaban J connectivity index is 1.09. The third-order valence-electron chi connectivity index (χ3n) is 12.1. The highest BCUT2D eigenvalue weighted by Gasteiger charge is 2.70. The number of carbonyl (C=O) groups is 4. The van der Waals surface area contributed by atoms with Gasteiger partial charge in [0.1, 0.15) is 5.52 Å². The van der Waals surface area contributed by atoms with E-state index in [1.807, 2.05) is 36.4 Å². The summed E-state index contributed by atoms with van der Waals surface area (Å²) in [5.74, 6) is -6.93. The lowest BCUT2D eigenvalue weighted by molar-refractivity contribution is -0.127. The molecule has 2 aliphatic heterocycles. The van der Waals surface area contributed by atoms with Crippen molar-refractivity contribution >= 4 is 57.7 Å². The molecule has 0 spiro atoms. The summed E-state index contributed by atoms with van der Waals surface area (Å²) in [6.07, 6.45) is 2.20. The van der Waals surface area contributed by atoms with E-state index in [1.54, 1.807) is 78.9 Å². The van der Waals surface area contributed by atoms with Crippen LogP contribution in [0, 0.1) is 29.5 Å². The molecule has 1 saturated carbocycles. The quantitative estimate of drug-likeness (QED) is 0.138. The number of phenols is 1. The summed E-state index contributed by atoms with van der Waals surface area (Å²) in [6.45, 7) is 0. The van der Waals surface area contributed by atoms with E-state index >= 15 is 9.18 Å². The maximum absolute atomic E-state index is 15.4. The van der Waals surface area contributed by atoms with E-state index in [4.69, 9.17) is 16.0 Å². The number of benzene rings is 5. The van der Waals surface area contributed by atoms with Crippen molar-refractivity contribution in [1.29, 1.82) is 0 Å². The SMILES string of the molecule is O=C1C2CC=C3C(CC4C(=O)N(c5cccc(Cl)c5)C(=O)C4(c4ccccc4)C3c3ccc(O)c(F)c3)C2C(=O)N1c1ccc(-c2nc3ccccc3o2)cc1. The third kappa shape index (κ3) is 4.81. The number of oxazole rings is 1. The van der Waals surface area contributed by atoms with Crippen molar-refractivity contribution in [3.8, 4) is 17.2 Å². The molecular weight excluding hydrogens is 733 g/mol. The topological polar surface area (TPSA) is 121 Å². The van der Waals surface area contributed by atoms with Gasteiger partial charge in [-0.1, -0.05) is 77.8 Å². The molecule has 2 saturated heterocycles. The van der Waals surface area contributed by atoms with Crippen LogP contribution < -0.4 is 9.80 Å². The van der Waals surface area contributed by atoms with Crippen LogP contribution in [0.4, 0.5) is 15.8 Å².